The first-order chi connectivity index (χ1) is 5.33. The van der Waals surface area contributed by atoms with Crippen molar-refractivity contribution in [1.29, 1.82) is 0 Å². The SMILES string of the molecule is [CH2]C(CC)CC1CCCCC1. The molecule has 0 heteroatoms. The standard InChI is InChI=1S/C11H21/c1-3-10(2)9-11-7-5-4-6-8-11/h10-11H,2-9H2,1H3. The van der Waals surface area contributed by atoms with Crippen molar-refractivity contribution in [1.82, 2.24) is 0 Å². The maximum absolute atomic E-state index is 4.15. The van der Waals surface area contributed by atoms with Crippen molar-refractivity contribution in [3.05, 3.63) is 6.92 Å². The molecule has 65 valence electrons. The molecular weight excluding hydrogens is 132 g/mol. The molecule has 0 amide bonds. The summed E-state index contributed by atoms with van der Waals surface area (Å²) in [5, 5.41) is 0. The Morgan fingerprint density at radius 2 is 1.91 bits per heavy atom. The fraction of sp³-hybridized carbons (Fsp3) is 0.909. The molecule has 0 N–H and O–H groups in total. The topological polar surface area (TPSA) is 0 Å². The zero-order valence-corrected chi connectivity index (χ0v) is 7.81. The van der Waals surface area contributed by atoms with E-state index in [0.717, 1.165) is 11.8 Å². The van der Waals surface area contributed by atoms with Gasteiger partial charge in [0.2, 0.25) is 0 Å². The van der Waals surface area contributed by atoms with Gasteiger partial charge < -0.3 is 0 Å². The van der Waals surface area contributed by atoms with Crippen LogP contribution in [0.25, 0.3) is 0 Å². The molecule has 1 unspecified atom stereocenters. The van der Waals surface area contributed by atoms with E-state index >= 15 is 0 Å². The molecule has 0 heterocycles. The van der Waals surface area contributed by atoms with Gasteiger partial charge in [0, 0.05) is 0 Å². The molecule has 1 aliphatic carbocycles. The van der Waals surface area contributed by atoms with Gasteiger partial charge >= 0.3 is 0 Å². The highest BCUT2D eigenvalue weighted by atomic mass is 14.2. The van der Waals surface area contributed by atoms with E-state index in [9.17, 15) is 0 Å². The summed E-state index contributed by atoms with van der Waals surface area (Å²) in [5.74, 6) is 1.74. The average Bonchev–Trinajstić information content (AvgIpc) is 2.06. The zero-order chi connectivity index (χ0) is 8.10. The molecule has 0 spiro atoms. The minimum absolute atomic E-state index is 0.720. The number of hydrogen-bond donors (Lipinski definition) is 0. The first-order valence-corrected chi connectivity index (χ1v) is 5.16. The van der Waals surface area contributed by atoms with Crippen LogP contribution in [-0.4, -0.2) is 0 Å². The van der Waals surface area contributed by atoms with Gasteiger partial charge in [0.15, 0.2) is 0 Å². The van der Waals surface area contributed by atoms with Crippen molar-refractivity contribution in [3.63, 3.8) is 0 Å². The van der Waals surface area contributed by atoms with Crippen molar-refractivity contribution >= 4 is 0 Å². The smallest absolute Gasteiger partial charge is 0.0412 e. The first kappa shape index (κ1) is 9.09. The van der Waals surface area contributed by atoms with Crippen molar-refractivity contribution in [2.45, 2.75) is 51.9 Å². The highest BCUT2D eigenvalue weighted by Gasteiger charge is 2.15. The Balaban J connectivity index is 2.13. The predicted octanol–water partition coefficient (Wildman–Crippen LogP) is 3.82. The van der Waals surface area contributed by atoms with Crippen molar-refractivity contribution in [2.24, 2.45) is 11.8 Å². The molecule has 0 saturated heterocycles. The van der Waals surface area contributed by atoms with Gasteiger partial charge in [-0.05, 0) is 18.3 Å². The lowest BCUT2D eigenvalue weighted by atomic mass is 9.83. The highest BCUT2D eigenvalue weighted by molar-refractivity contribution is 4.70. The number of rotatable bonds is 3. The summed E-state index contributed by atoms with van der Waals surface area (Å²) in [6.07, 6.45) is 10.0. The van der Waals surface area contributed by atoms with Crippen LogP contribution in [0.15, 0.2) is 0 Å². The zero-order valence-electron chi connectivity index (χ0n) is 7.81. The summed E-state index contributed by atoms with van der Waals surface area (Å²) in [6, 6.07) is 0. The molecule has 0 aromatic carbocycles. The first-order valence-electron chi connectivity index (χ1n) is 5.16. The fourth-order valence-corrected chi connectivity index (χ4v) is 2.06. The lowest BCUT2D eigenvalue weighted by Gasteiger charge is -2.23. The van der Waals surface area contributed by atoms with Crippen LogP contribution in [0, 0.1) is 18.8 Å². The Labute approximate surface area is 71.4 Å². The minimum atomic E-state index is 0.720. The van der Waals surface area contributed by atoms with Crippen LogP contribution in [0.1, 0.15) is 51.9 Å². The fourth-order valence-electron chi connectivity index (χ4n) is 2.06. The molecule has 0 nitrogen and oxygen atoms in total. The molecule has 0 aromatic heterocycles. The maximum Gasteiger partial charge on any atom is -0.0412 e. The van der Waals surface area contributed by atoms with Gasteiger partial charge in [0.05, 0.1) is 0 Å². The normalized spacial score (nSPS) is 23.5. The summed E-state index contributed by atoms with van der Waals surface area (Å²) < 4.78 is 0. The Morgan fingerprint density at radius 1 is 1.27 bits per heavy atom. The van der Waals surface area contributed by atoms with Crippen LogP contribution >= 0.6 is 0 Å². The van der Waals surface area contributed by atoms with E-state index in [2.05, 4.69) is 13.8 Å². The molecule has 1 radical (unpaired) electrons. The van der Waals surface area contributed by atoms with Crippen LogP contribution < -0.4 is 0 Å². The molecule has 1 saturated carbocycles. The molecule has 1 fully saturated rings. The molecular formula is C11H21. The summed E-state index contributed by atoms with van der Waals surface area (Å²) in [5.41, 5.74) is 0. The minimum Gasteiger partial charge on any atom is -0.0651 e. The molecule has 0 bridgehead atoms. The average molecular weight is 153 g/mol. The van der Waals surface area contributed by atoms with Crippen molar-refractivity contribution in [3.8, 4) is 0 Å². The Bertz CT molecular complexity index is 90.2. The van der Waals surface area contributed by atoms with Crippen LogP contribution in [0.2, 0.25) is 0 Å². The van der Waals surface area contributed by atoms with Crippen LogP contribution in [0.5, 0.6) is 0 Å². The summed E-state index contributed by atoms with van der Waals surface area (Å²) in [4.78, 5) is 0. The predicted molar refractivity (Wildman–Crippen MR) is 50.3 cm³/mol. The van der Waals surface area contributed by atoms with Crippen LogP contribution in [0.4, 0.5) is 0 Å². The monoisotopic (exact) mass is 153 g/mol. The van der Waals surface area contributed by atoms with E-state index in [-0.39, 0.29) is 0 Å². The second-order valence-corrected chi connectivity index (χ2v) is 4.01. The van der Waals surface area contributed by atoms with Gasteiger partial charge in [-0.2, -0.15) is 0 Å². The summed E-state index contributed by atoms with van der Waals surface area (Å²) in [6.45, 7) is 6.40. The second-order valence-electron chi connectivity index (χ2n) is 4.01. The van der Waals surface area contributed by atoms with E-state index in [1.807, 2.05) is 0 Å². The summed E-state index contributed by atoms with van der Waals surface area (Å²) in [7, 11) is 0. The largest absolute Gasteiger partial charge is 0.0651 e. The van der Waals surface area contributed by atoms with E-state index in [1.54, 1.807) is 0 Å². The van der Waals surface area contributed by atoms with Gasteiger partial charge in [-0.3, -0.25) is 0 Å². The molecule has 0 aliphatic heterocycles. The molecule has 1 rings (SSSR count). The van der Waals surface area contributed by atoms with Gasteiger partial charge in [0.25, 0.3) is 0 Å². The van der Waals surface area contributed by atoms with E-state index < -0.39 is 0 Å². The summed E-state index contributed by atoms with van der Waals surface area (Å²) >= 11 is 0. The lowest BCUT2D eigenvalue weighted by molar-refractivity contribution is 0.305. The van der Waals surface area contributed by atoms with E-state index in [4.69, 9.17) is 0 Å². The Kier molecular flexibility index (Phi) is 3.96. The van der Waals surface area contributed by atoms with Crippen LogP contribution in [-0.2, 0) is 0 Å². The van der Waals surface area contributed by atoms with Gasteiger partial charge in [-0.25, -0.2) is 0 Å². The third-order valence-electron chi connectivity index (χ3n) is 2.97. The third-order valence-corrected chi connectivity index (χ3v) is 2.97. The Morgan fingerprint density at radius 3 is 2.45 bits per heavy atom. The van der Waals surface area contributed by atoms with Gasteiger partial charge in [0.1, 0.15) is 0 Å². The highest BCUT2D eigenvalue weighted by Crippen LogP contribution is 2.29. The van der Waals surface area contributed by atoms with E-state index in [1.165, 1.54) is 44.9 Å². The maximum atomic E-state index is 4.15. The Hall–Kier alpha value is 0. The van der Waals surface area contributed by atoms with Crippen molar-refractivity contribution < 1.29 is 0 Å². The molecule has 1 aliphatic rings. The molecule has 11 heavy (non-hydrogen) atoms. The second kappa shape index (κ2) is 4.79. The third kappa shape index (κ3) is 3.27. The quantitative estimate of drug-likeness (QED) is 0.578. The lowest BCUT2D eigenvalue weighted by Crippen LogP contribution is -2.09. The van der Waals surface area contributed by atoms with Crippen molar-refractivity contribution in [2.75, 3.05) is 0 Å². The van der Waals surface area contributed by atoms with Gasteiger partial charge in [-0.15, -0.1) is 0 Å². The number of hydrogen-bond acceptors (Lipinski definition) is 0. The molecule has 1 atom stereocenters. The van der Waals surface area contributed by atoms with Gasteiger partial charge in [-0.1, -0.05) is 52.4 Å². The molecule has 0 aromatic rings. The van der Waals surface area contributed by atoms with E-state index in [0.29, 0.717) is 0 Å². The van der Waals surface area contributed by atoms with Crippen LogP contribution in [0.3, 0.4) is 0 Å².